The lowest BCUT2D eigenvalue weighted by atomic mass is 9.55. The molecule has 1 aliphatic heterocycles. The summed E-state index contributed by atoms with van der Waals surface area (Å²) in [5, 5.41) is 3.35. The average Bonchev–Trinajstić information content (AvgIpc) is 3.68. The molecule has 3 aliphatic rings. The molecule has 33 heavy (non-hydrogen) atoms. The molecule has 2 aromatic rings. The van der Waals surface area contributed by atoms with Gasteiger partial charge in [-0.1, -0.05) is 30.3 Å². The zero-order valence-electron chi connectivity index (χ0n) is 19.9. The fraction of sp³-hybridized carbons (Fsp3) is 0.536. The van der Waals surface area contributed by atoms with Crippen molar-refractivity contribution >= 4 is 5.91 Å². The van der Waals surface area contributed by atoms with Crippen LogP contribution in [0.4, 0.5) is 0 Å². The number of hydrogen-bond donors (Lipinski definition) is 1. The molecule has 5 heteroatoms. The maximum atomic E-state index is 13.0. The lowest BCUT2D eigenvalue weighted by Gasteiger charge is -2.60. The molecule has 3 fully saturated rings. The number of likely N-dealkylation sites (tertiary alicyclic amines) is 1. The first-order valence-electron chi connectivity index (χ1n) is 12.4. The number of benzene rings is 2. The first kappa shape index (κ1) is 22.4. The molecular formula is C28H36N2O3. The van der Waals surface area contributed by atoms with Crippen molar-refractivity contribution in [1.82, 2.24) is 10.2 Å². The molecule has 2 saturated carbocycles. The molecule has 1 heterocycles. The maximum Gasteiger partial charge on any atom is 0.251 e. The number of fused-ring (bicyclic) bond motifs is 1. The lowest BCUT2D eigenvalue weighted by Crippen LogP contribution is -2.68. The zero-order chi connectivity index (χ0) is 22.9. The molecule has 5 nitrogen and oxygen atoms in total. The molecule has 0 spiro atoms. The van der Waals surface area contributed by atoms with E-state index in [0.717, 1.165) is 56.0 Å². The van der Waals surface area contributed by atoms with Crippen LogP contribution in [-0.2, 0) is 10.2 Å². The van der Waals surface area contributed by atoms with E-state index < -0.39 is 0 Å². The Kier molecular flexibility index (Phi) is 6.19. The fourth-order valence-corrected chi connectivity index (χ4v) is 6.32. The highest BCUT2D eigenvalue weighted by molar-refractivity contribution is 5.94. The third-order valence-corrected chi connectivity index (χ3v) is 8.30. The van der Waals surface area contributed by atoms with E-state index in [1.807, 2.05) is 43.5 Å². The summed E-state index contributed by atoms with van der Waals surface area (Å²) in [5.41, 5.74) is 1.56. The summed E-state index contributed by atoms with van der Waals surface area (Å²) in [6.45, 7) is 3.21. The fourth-order valence-electron chi connectivity index (χ4n) is 6.32. The number of methoxy groups -OCH3 is 2. The maximum absolute atomic E-state index is 13.0. The molecule has 0 radical (unpaired) electrons. The number of nitrogens with zero attached hydrogens (tertiary/aromatic N) is 1. The van der Waals surface area contributed by atoms with E-state index in [2.05, 4.69) is 28.4 Å². The molecule has 176 valence electrons. The van der Waals surface area contributed by atoms with Crippen LogP contribution in [0.3, 0.4) is 0 Å². The van der Waals surface area contributed by atoms with Gasteiger partial charge < -0.3 is 19.7 Å². The number of amides is 1. The van der Waals surface area contributed by atoms with E-state index in [0.29, 0.717) is 0 Å². The van der Waals surface area contributed by atoms with E-state index in [9.17, 15) is 4.79 Å². The molecule has 1 saturated heterocycles. The second-order valence-electron chi connectivity index (χ2n) is 10.2. The molecule has 5 rings (SSSR count). The van der Waals surface area contributed by atoms with Gasteiger partial charge in [0.15, 0.2) is 0 Å². The number of piperidine rings is 1. The van der Waals surface area contributed by atoms with Gasteiger partial charge in [-0.3, -0.25) is 4.79 Å². The molecule has 2 aliphatic carbocycles. The van der Waals surface area contributed by atoms with Crippen molar-refractivity contribution in [3.05, 3.63) is 65.7 Å². The smallest absolute Gasteiger partial charge is 0.251 e. The summed E-state index contributed by atoms with van der Waals surface area (Å²) in [7, 11) is 3.61. The van der Waals surface area contributed by atoms with E-state index >= 15 is 0 Å². The first-order valence-corrected chi connectivity index (χ1v) is 12.4. The third-order valence-electron chi connectivity index (χ3n) is 8.30. The second-order valence-corrected chi connectivity index (χ2v) is 10.2. The molecule has 2 unspecified atom stereocenters. The van der Waals surface area contributed by atoms with Crippen LogP contribution in [-0.4, -0.2) is 56.3 Å². The molecule has 3 atom stereocenters. The Hall–Kier alpha value is -2.37. The molecule has 2 aromatic carbocycles. The largest absolute Gasteiger partial charge is 0.497 e. The summed E-state index contributed by atoms with van der Waals surface area (Å²) >= 11 is 0. The molecule has 1 N–H and O–H groups in total. The van der Waals surface area contributed by atoms with Crippen LogP contribution >= 0.6 is 0 Å². The summed E-state index contributed by atoms with van der Waals surface area (Å²) in [6.07, 6.45) is 6.50. The Morgan fingerprint density at radius 1 is 1.06 bits per heavy atom. The van der Waals surface area contributed by atoms with Gasteiger partial charge in [0.2, 0.25) is 0 Å². The molecule has 1 amide bonds. The van der Waals surface area contributed by atoms with Crippen molar-refractivity contribution in [2.45, 2.75) is 55.6 Å². The second kappa shape index (κ2) is 9.11. The zero-order valence-corrected chi connectivity index (χ0v) is 19.9. The highest BCUT2D eigenvalue weighted by atomic mass is 16.5. The standard InChI is InChI=1S/C28H36N2O3/c1-32-25-10-6-9-23(17-25)27-15-16-30(19-21-11-12-21)20-28(27,33-2)14-13-24(18-27)29-26(31)22-7-4-3-5-8-22/h3-10,17,21,24H,11-16,18-20H2,1-2H3,(H,29,31)/t24-,27?,28?/m1/s1. The Labute approximate surface area is 197 Å². The number of nitrogens with one attached hydrogen (secondary N) is 1. The predicted octanol–water partition coefficient (Wildman–Crippen LogP) is 4.42. The molecule has 0 bridgehead atoms. The summed E-state index contributed by atoms with van der Waals surface area (Å²) in [6, 6.07) is 18.2. The number of rotatable bonds is 7. The molecular weight excluding hydrogens is 412 g/mol. The summed E-state index contributed by atoms with van der Waals surface area (Å²) in [4.78, 5) is 15.6. The van der Waals surface area contributed by atoms with Crippen LogP contribution in [0.1, 0.15) is 54.4 Å². The van der Waals surface area contributed by atoms with Crippen molar-refractivity contribution in [2.24, 2.45) is 5.92 Å². The Bertz CT molecular complexity index is 976. The Morgan fingerprint density at radius 2 is 1.88 bits per heavy atom. The summed E-state index contributed by atoms with van der Waals surface area (Å²) in [5.74, 6) is 1.75. The molecule has 0 aromatic heterocycles. The van der Waals surface area contributed by atoms with Crippen molar-refractivity contribution in [1.29, 1.82) is 0 Å². The monoisotopic (exact) mass is 448 g/mol. The van der Waals surface area contributed by atoms with Crippen molar-refractivity contribution in [2.75, 3.05) is 33.9 Å². The van der Waals surface area contributed by atoms with E-state index in [-0.39, 0.29) is 23.0 Å². The average molecular weight is 449 g/mol. The van der Waals surface area contributed by atoms with Crippen LogP contribution in [0.2, 0.25) is 0 Å². The topological polar surface area (TPSA) is 50.8 Å². The number of hydrogen-bond acceptors (Lipinski definition) is 4. The lowest BCUT2D eigenvalue weighted by molar-refractivity contribution is -0.148. The van der Waals surface area contributed by atoms with Crippen LogP contribution in [0.5, 0.6) is 5.75 Å². The SMILES string of the molecule is COc1cccc(C23CCN(CC4CC4)CC2(OC)CC[C@@H](NC(=O)c2ccccc2)C3)c1. The number of ether oxygens (including phenoxy) is 2. The van der Waals surface area contributed by atoms with Crippen molar-refractivity contribution in [3.8, 4) is 5.75 Å². The van der Waals surface area contributed by atoms with E-state index in [1.54, 1.807) is 7.11 Å². The van der Waals surface area contributed by atoms with Crippen LogP contribution < -0.4 is 10.1 Å². The van der Waals surface area contributed by atoms with Gasteiger partial charge in [-0.25, -0.2) is 0 Å². The van der Waals surface area contributed by atoms with Crippen molar-refractivity contribution < 1.29 is 14.3 Å². The van der Waals surface area contributed by atoms with Crippen LogP contribution in [0.15, 0.2) is 54.6 Å². The van der Waals surface area contributed by atoms with Crippen LogP contribution in [0, 0.1) is 5.92 Å². The van der Waals surface area contributed by atoms with Gasteiger partial charge in [0.1, 0.15) is 5.75 Å². The van der Waals surface area contributed by atoms with Gasteiger partial charge in [0, 0.05) is 37.2 Å². The van der Waals surface area contributed by atoms with Gasteiger partial charge in [-0.05, 0) is 80.8 Å². The van der Waals surface area contributed by atoms with Gasteiger partial charge in [0.25, 0.3) is 5.91 Å². The van der Waals surface area contributed by atoms with Gasteiger partial charge in [0.05, 0.1) is 12.7 Å². The minimum absolute atomic E-state index is 0.0116. The third kappa shape index (κ3) is 4.29. The first-order chi connectivity index (χ1) is 16.1. The predicted molar refractivity (Wildman–Crippen MR) is 130 cm³/mol. The minimum Gasteiger partial charge on any atom is -0.497 e. The normalized spacial score (nSPS) is 29.8. The van der Waals surface area contributed by atoms with E-state index in [4.69, 9.17) is 9.47 Å². The van der Waals surface area contributed by atoms with Gasteiger partial charge in [-0.15, -0.1) is 0 Å². The number of carbonyl (C=O) groups excluding carboxylic acids is 1. The quantitative estimate of drug-likeness (QED) is 0.681. The Balaban J connectivity index is 1.46. The highest BCUT2D eigenvalue weighted by Crippen LogP contribution is 2.54. The summed E-state index contributed by atoms with van der Waals surface area (Å²) < 4.78 is 12.1. The van der Waals surface area contributed by atoms with Crippen molar-refractivity contribution in [3.63, 3.8) is 0 Å². The highest BCUT2D eigenvalue weighted by Gasteiger charge is 2.59. The van der Waals surface area contributed by atoms with Gasteiger partial charge in [-0.2, -0.15) is 0 Å². The van der Waals surface area contributed by atoms with E-state index in [1.165, 1.54) is 24.9 Å². The Morgan fingerprint density at radius 3 is 2.61 bits per heavy atom. The minimum atomic E-state index is -0.263. The van der Waals surface area contributed by atoms with Gasteiger partial charge >= 0.3 is 0 Å². The number of carbonyl (C=O) groups is 1. The van der Waals surface area contributed by atoms with Crippen LogP contribution in [0.25, 0.3) is 0 Å².